The summed E-state index contributed by atoms with van der Waals surface area (Å²) in [4.78, 5) is 52.1. The summed E-state index contributed by atoms with van der Waals surface area (Å²) in [6, 6.07) is 7.65. The van der Waals surface area contributed by atoms with Crippen molar-refractivity contribution in [1.82, 2.24) is 10.2 Å². The van der Waals surface area contributed by atoms with Gasteiger partial charge in [0.1, 0.15) is 12.1 Å². The van der Waals surface area contributed by atoms with Gasteiger partial charge in [-0.05, 0) is 42.8 Å². The summed E-state index contributed by atoms with van der Waals surface area (Å²) in [6.07, 6.45) is 2.17. The van der Waals surface area contributed by atoms with Crippen molar-refractivity contribution in [2.24, 2.45) is 0 Å². The topological polar surface area (TPSA) is 105 Å². The number of carbonyl (C=O) groups excluding carboxylic acids is 4. The molecule has 0 radical (unpaired) electrons. The fraction of sp³-hybridized carbons (Fsp3) is 0.300. The third-order valence-corrected chi connectivity index (χ3v) is 6.23. The van der Waals surface area contributed by atoms with Crippen LogP contribution in [0.5, 0.6) is 0 Å². The van der Waals surface area contributed by atoms with Crippen LogP contribution in [0.25, 0.3) is 0 Å². The Morgan fingerprint density at radius 1 is 1.28 bits per heavy atom. The molecule has 1 atom stereocenters. The largest absolute Gasteiger partial charge is 0.465 e. The van der Waals surface area contributed by atoms with Gasteiger partial charge in [0, 0.05) is 10.4 Å². The highest BCUT2D eigenvalue weighted by molar-refractivity contribution is 7.10. The summed E-state index contributed by atoms with van der Waals surface area (Å²) < 4.78 is 4.71. The van der Waals surface area contributed by atoms with E-state index in [0.717, 1.165) is 28.2 Å². The van der Waals surface area contributed by atoms with E-state index >= 15 is 0 Å². The minimum Gasteiger partial charge on any atom is -0.465 e. The number of hydrogen-bond acceptors (Lipinski definition) is 6. The van der Waals surface area contributed by atoms with Gasteiger partial charge in [-0.3, -0.25) is 14.5 Å². The van der Waals surface area contributed by atoms with Crippen LogP contribution in [0.1, 0.15) is 33.6 Å². The number of benzene rings is 1. The van der Waals surface area contributed by atoms with Crippen molar-refractivity contribution >= 4 is 40.8 Å². The molecule has 1 aliphatic carbocycles. The number of thiophene rings is 1. The zero-order valence-corrected chi connectivity index (χ0v) is 16.5. The number of nitrogens with zero attached hydrogens (tertiary/aromatic N) is 1. The number of esters is 1. The van der Waals surface area contributed by atoms with Crippen LogP contribution in [0.15, 0.2) is 35.7 Å². The van der Waals surface area contributed by atoms with E-state index in [2.05, 4.69) is 10.6 Å². The van der Waals surface area contributed by atoms with Crippen molar-refractivity contribution in [2.45, 2.75) is 24.8 Å². The predicted molar refractivity (Wildman–Crippen MR) is 106 cm³/mol. The molecular weight excluding hydrogens is 394 g/mol. The van der Waals surface area contributed by atoms with Crippen molar-refractivity contribution in [2.75, 3.05) is 19.0 Å². The van der Waals surface area contributed by atoms with Gasteiger partial charge in [0.05, 0.1) is 18.4 Å². The maximum Gasteiger partial charge on any atom is 0.339 e. The van der Waals surface area contributed by atoms with Gasteiger partial charge in [0.25, 0.3) is 5.91 Å². The van der Waals surface area contributed by atoms with Crippen LogP contribution in [-0.2, 0) is 26.3 Å². The Balaban J connectivity index is 1.53. The van der Waals surface area contributed by atoms with Gasteiger partial charge >= 0.3 is 12.0 Å². The number of anilines is 1. The van der Waals surface area contributed by atoms with Gasteiger partial charge in [0.15, 0.2) is 0 Å². The van der Waals surface area contributed by atoms with E-state index in [0.29, 0.717) is 6.42 Å². The normalized spacial score (nSPS) is 20.4. The molecule has 150 valence electrons. The maximum atomic E-state index is 13.2. The molecule has 1 aliphatic heterocycles. The Bertz CT molecular complexity index is 1020. The molecule has 0 saturated carbocycles. The van der Waals surface area contributed by atoms with Crippen LogP contribution in [-0.4, -0.2) is 42.4 Å². The quantitative estimate of drug-likeness (QED) is 0.591. The number of hydrogen-bond donors (Lipinski definition) is 2. The van der Waals surface area contributed by atoms with Gasteiger partial charge in [-0.25, -0.2) is 9.59 Å². The van der Waals surface area contributed by atoms with E-state index in [1.165, 1.54) is 13.2 Å². The first kappa shape index (κ1) is 19.1. The molecular formula is C20H19N3O5S. The summed E-state index contributed by atoms with van der Waals surface area (Å²) in [6.45, 7) is -0.443. The summed E-state index contributed by atoms with van der Waals surface area (Å²) in [5, 5.41) is 7.31. The summed E-state index contributed by atoms with van der Waals surface area (Å²) in [5.74, 6) is -1.59. The molecule has 4 amide bonds. The first-order valence-electron chi connectivity index (χ1n) is 9.14. The lowest BCUT2D eigenvalue weighted by Crippen LogP contribution is -2.46. The molecule has 1 saturated heterocycles. The number of nitrogens with one attached hydrogen (secondary N) is 2. The number of urea groups is 1. The summed E-state index contributed by atoms with van der Waals surface area (Å²) >= 11 is 1.57. The molecule has 2 aromatic rings. The molecule has 2 aliphatic rings. The van der Waals surface area contributed by atoms with Gasteiger partial charge in [-0.1, -0.05) is 12.1 Å². The van der Waals surface area contributed by atoms with E-state index < -0.39 is 35.9 Å². The van der Waals surface area contributed by atoms with E-state index in [-0.39, 0.29) is 11.3 Å². The fourth-order valence-corrected chi connectivity index (χ4v) is 4.90. The molecule has 0 bridgehead atoms. The number of imide groups is 1. The molecule has 2 heterocycles. The lowest BCUT2D eigenvalue weighted by Gasteiger charge is -2.31. The van der Waals surface area contributed by atoms with Crippen molar-refractivity contribution in [3.8, 4) is 0 Å². The summed E-state index contributed by atoms with van der Waals surface area (Å²) in [5.41, 5.74) is 0.177. The summed E-state index contributed by atoms with van der Waals surface area (Å²) in [7, 11) is 1.25. The average Bonchev–Trinajstić information content (AvgIpc) is 3.28. The molecule has 1 fully saturated rings. The van der Waals surface area contributed by atoms with Crippen molar-refractivity contribution in [1.29, 1.82) is 0 Å². The lowest BCUT2D eigenvalue weighted by molar-refractivity contribution is -0.134. The first-order chi connectivity index (χ1) is 14.0. The number of carbonyl (C=O) groups is 4. The van der Waals surface area contributed by atoms with Crippen LogP contribution < -0.4 is 10.6 Å². The molecule has 2 N–H and O–H groups in total. The van der Waals surface area contributed by atoms with Crippen LogP contribution >= 0.6 is 11.3 Å². The number of para-hydroxylation sites is 1. The molecule has 1 aromatic carbocycles. The number of ether oxygens (including phenoxy) is 1. The molecule has 4 rings (SSSR count). The second-order valence-corrected chi connectivity index (χ2v) is 7.92. The molecule has 1 spiro atoms. The molecule has 29 heavy (non-hydrogen) atoms. The number of methoxy groups -OCH3 is 1. The van der Waals surface area contributed by atoms with Crippen LogP contribution in [0, 0.1) is 0 Å². The third-order valence-electron chi connectivity index (χ3n) is 5.24. The average molecular weight is 413 g/mol. The van der Waals surface area contributed by atoms with E-state index in [1.54, 1.807) is 29.5 Å². The Morgan fingerprint density at radius 3 is 2.86 bits per heavy atom. The first-order valence-corrected chi connectivity index (χ1v) is 10.0. The minimum absolute atomic E-state index is 0.187. The molecule has 0 unspecified atom stereocenters. The molecule has 1 aromatic heterocycles. The van der Waals surface area contributed by atoms with Gasteiger partial charge in [-0.2, -0.15) is 0 Å². The van der Waals surface area contributed by atoms with Gasteiger partial charge in [0.2, 0.25) is 5.91 Å². The smallest absolute Gasteiger partial charge is 0.339 e. The number of aryl methyl sites for hydroxylation is 1. The van der Waals surface area contributed by atoms with Crippen LogP contribution in [0.3, 0.4) is 0 Å². The third kappa shape index (κ3) is 3.17. The van der Waals surface area contributed by atoms with Crippen molar-refractivity contribution in [3.63, 3.8) is 0 Å². The van der Waals surface area contributed by atoms with E-state index in [1.807, 2.05) is 11.4 Å². The standard InChI is InChI=1S/C20H19N3O5S/c1-28-17(25)12-5-2-3-6-14(12)21-16(24)11-23-18(26)20(22-19(23)27)9-4-7-15-13(20)8-10-29-15/h2-3,5-6,8,10H,4,7,9,11H2,1H3,(H,21,24)(H,22,27)/t20-/m0/s1. The number of fused-ring (bicyclic) bond motifs is 2. The highest BCUT2D eigenvalue weighted by atomic mass is 32.1. The van der Waals surface area contributed by atoms with Crippen molar-refractivity contribution < 1.29 is 23.9 Å². The SMILES string of the molecule is COC(=O)c1ccccc1NC(=O)CN1C(=O)N[C@]2(CCCc3sccc32)C1=O. The lowest BCUT2D eigenvalue weighted by atomic mass is 9.80. The number of amides is 4. The van der Waals surface area contributed by atoms with E-state index in [9.17, 15) is 19.2 Å². The van der Waals surface area contributed by atoms with Crippen LogP contribution in [0.2, 0.25) is 0 Å². The minimum atomic E-state index is -1.09. The zero-order valence-electron chi connectivity index (χ0n) is 15.7. The second-order valence-electron chi connectivity index (χ2n) is 6.92. The Kier molecular flexibility index (Phi) is 4.83. The predicted octanol–water partition coefficient (Wildman–Crippen LogP) is 2.26. The molecule has 8 nitrogen and oxygen atoms in total. The highest BCUT2D eigenvalue weighted by Crippen LogP contribution is 2.42. The highest BCUT2D eigenvalue weighted by Gasteiger charge is 2.54. The zero-order chi connectivity index (χ0) is 20.6. The molecule has 9 heteroatoms. The Hall–Kier alpha value is -3.20. The maximum absolute atomic E-state index is 13.2. The van der Waals surface area contributed by atoms with Crippen molar-refractivity contribution in [3.05, 3.63) is 51.7 Å². The second kappa shape index (κ2) is 7.32. The Morgan fingerprint density at radius 2 is 2.07 bits per heavy atom. The van der Waals surface area contributed by atoms with Gasteiger partial charge < -0.3 is 15.4 Å². The number of rotatable bonds is 4. The van der Waals surface area contributed by atoms with E-state index in [4.69, 9.17) is 4.74 Å². The fourth-order valence-electron chi connectivity index (χ4n) is 3.90. The Labute approximate surface area is 170 Å². The van der Waals surface area contributed by atoms with Gasteiger partial charge in [-0.15, -0.1) is 11.3 Å². The van der Waals surface area contributed by atoms with Crippen LogP contribution in [0.4, 0.5) is 10.5 Å². The monoisotopic (exact) mass is 413 g/mol.